The summed E-state index contributed by atoms with van der Waals surface area (Å²) in [5.41, 5.74) is 17.4. The Morgan fingerprint density at radius 3 is 0.904 bits per heavy atom. The van der Waals surface area contributed by atoms with Crippen molar-refractivity contribution < 1.29 is 13.3 Å². The van der Waals surface area contributed by atoms with Gasteiger partial charge in [-0.3, -0.25) is 0 Å². The van der Waals surface area contributed by atoms with Gasteiger partial charge in [-0.25, -0.2) is 29.9 Å². The highest BCUT2D eigenvalue weighted by molar-refractivity contribution is 6.36. The molecule has 0 bridgehead atoms. The van der Waals surface area contributed by atoms with Gasteiger partial charge in [0.2, 0.25) is 0 Å². The fraction of sp³-hybridized carbons (Fsp3) is 0. The lowest BCUT2D eigenvalue weighted by Crippen LogP contribution is -1.96. The van der Waals surface area contributed by atoms with Crippen LogP contribution in [0.25, 0.3) is 296 Å². The zero-order valence-electron chi connectivity index (χ0n) is 72.5. The van der Waals surface area contributed by atoms with Gasteiger partial charge in [-0.15, -0.1) is 0 Å². The second kappa shape index (κ2) is 30.2. The summed E-state index contributed by atoms with van der Waals surface area (Å²) in [6.07, 6.45) is 0. The van der Waals surface area contributed by atoms with Gasteiger partial charge in [-0.1, -0.05) is 352 Å². The minimum atomic E-state index is 0.714. The van der Waals surface area contributed by atoms with Crippen LogP contribution in [-0.2, 0) is 0 Å². The Morgan fingerprint density at radius 2 is 0.422 bits per heavy atom. The molecule has 30 aromatic rings. The number of benzene rings is 24. The van der Waals surface area contributed by atoms with Crippen molar-refractivity contribution in [2.45, 2.75) is 0 Å². The molecule has 6 heterocycles. The lowest BCUT2D eigenvalue weighted by molar-refractivity contribution is 0.669. The van der Waals surface area contributed by atoms with Crippen LogP contribution in [0.3, 0.4) is 0 Å². The first-order valence-electron chi connectivity index (χ1n) is 45.8. The van der Waals surface area contributed by atoms with Gasteiger partial charge in [-0.2, -0.15) is 0 Å². The number of fused-ring (bicyclic) bond motifs is 38. The van der Waals surface area contributed by atoms with Crippen LogP contribution in [0.15, 0.2) is 450 Å². The number of furan rings is 3. The highest BCUT2D eigenvalue weighted by Gasteiger charge is 2.25. The number of aromatic nitrogens is 6. The van der Waals surface area contributed by atoms with Crippen molar-refractivity contribution in [1.29, 1.82) is 0 Å². The Kier molecular flexibility index (Phi) is 17.0. The van der Waals surface area contributed by atoms with Crippen molar-refractivity contribution in [2.75, 3.05) is 0 Å². The zero-order chi connectivity index (χ0) is 88.5. The molecule has 0 atom stereocenters. The summed E-state index contributed by atoms with van der Waals surface area (Å²) in [5.74, 6) is 2.15. The molecule has 624 valence electrons. The Morgan fingerprint density at radius 1 is 0.133 bits per heavy atom. The molecular formula is C126H72N6O3. The largest absolute Gasteiger partial charge is 0.456 e. The van der Waals surface area contributed by atoms with Gasteiger partial charge in [0, 0.05) is 109 Å². The summed E-state index contributed by atoms with van der Waals surface area (Å²) >= 11 is 0. The van der Waals surface area contributed by atoms with E-state index in [1.807, 2.05) is 54.6 Å². The lowest BCUT2D eigenvalue weighted by Gasteiger charge is -2.14. The van der Waals surface area contributed by atoms with E-state index in [0.717, 1.165) is 188 Å². The first kappa shape index (κ1) is 75.8. The Balaban J connectivity index is 0.000000101. The SMILES string of the molecule is c1ccc(-c2nc(-c3ccc4c(c3)c3ccccc3c3c4ccc4oc5ccccc5c43)nc3c2ccc2ccccc23)cc1.c1ccc(-c2nc(-c3ccc4c(c3)c3ccccc3c3cc5c(cc43)oc3ccccc35)nc3c2ccc2ccccc23)cc1.c1ccc(-c2nc(-c3ccc4c(c3)c3ccccc3c3ccc5c6ccccc6oc5c34)nc3c2ccc2ccccc23)cc1. The summed E-state index contributed by atoms with van der Waals surface area (Å²) in [6.45, 7) is 0. The van der Waals surface area contributed by atoms with E-state index in [1.165, 1.54) is 102 Å². The van der Waals surface area contributed by atoms with Gasteiger partial charge in [0.1, 0.15) is 33.5 Å². The highest BCUT2D eigenvalue weighted by Crippen LogP contribution is 2.49. The number of nitrogens with zero attached hydrogens (tertiary/aromatic N) is 6. The molecule has 30 rings (SSSR count). The predicted molar refractivity (Wildman–Crippen MR) is 563 cm³/mol. The smallest absolute Gasteiger partial charge is 0.160 e. The minimum Gasteiger partial charge on any atom is -0.456 e. The van der Waals surface area contributed by atoms with Crippen molar-refractivity contribution in [2.24, 2.45) is 0 Å². The monoisotopic (exact) mass is 1720 g/mol. The van der Waals surface area contributed by atoms with Gasteiger partial charge in [0.05, 0.1) is 33.6 Å². The van der Waals surface area contributed by atoms with Crippen molar-refractivity contribution >= 4 is 228 Å². The standard InChI is InChI=1S/3C42H24N2O/c1-2-11-26(12-3-1)40-33-21-18-25-10-4-5-13-28(25)41(33)44-42(43-40)27-19-20-31-34(22-27)29-14-6-7-15-30(29)35-23-37-32-16-8-9-17-38(32)45-39(37)24-36(31)35;1-2-11-26(12-3-1)40-34-21-18-25-10-4-5-13-28(25)41(34)44-42(43-40)27-19-20-30-32-22-23-37-39(33-16-8-9-17-36(33)45-37)38(32)31-15-7-6-14-29(31)35(30)24-27;1-2-11-26(12-3-1)39-35-21-18-25-10-4-5-13-28(25)40(35)44-42(43-39)27-19-20-33-36(24-27)30-15-7-6-14-29(30)32-22-23-34-31-16-8-9-17-37(31)45-41(34)38(32)33/h3*1-24H. The molecule has 0 saturated carbocycles. The first-order valence-corrected chi connectivity index (χ1v) is 45.8. The molecule has 0 aliphatic heterocycles. The molecule has 9 nitrogen and oxygen atoms in total. The zero-order valence-corrected chi connectivity index (χ0v) is 72.5. The molecule has 0 unspecified atom stereocenters. The average Bonchev–Trinajstić information content (AvgIpc) is 1.64. The van der Waals surface area contributed by atoms with Crippen LogP contribution >= 0.6 is 0 Å². The number of rotatable bonds is 6. The van der Waals surface area contributed by atoms with E-state index < -0.39 is 0 Å². The van der Waals surface area contributed by atoms with E-state index in [0.29, 0.717) is 5.82 Å². The highest BCUT2D eigenvalue weighted by atomic mass is 16.3. The normalized spacial score (nSPS) is 12.0. The molecule has 0 amide bonds. The molecule has 0 spiro atoms. The van der Waals surface area contributed by atoms with Crippen molar-refractivity contribution in [3.8, 4) is 67.9 Å². The Labute approximate surface area is 770 Å². The van der Waals surface area contributed by atoms with Gasteiger partial charge < -0.3 is 13.3 Å². The maximum atomic E-state index is 6.57. The Hall–Kier alpha value is -18.2. The van der Waals surface area contributed by atoms with E-state index in [4.69, 9.17) is 43.2 Å². The van der Waals surface area contributed by atoms with Crippen LogP contribution in [0.2, 0.25) is 0 Å². The molecule has 24 aromatic carbocycles. The molecule has 135 heavy (non-hydrogen) atoms. The van der Waals surface area contributed by atoms with Crippen LogP contribution in [0.1, 0.15) is 0 Å². The van der Waals surface area contributed by atoms with Crippen LogP contribution in [0, 0.1) is 0 Å². The maximum Gasteiger partial charge on any atom is 0.160 e. The third-order valence-corrected chi connectivity index (χ3v) is 27.7. The van der Waals surface area contributed by atoms with Crippen molar-refractivity contribution in [3.63, 3.8) is 0 Å². The minimum absolute atomic E-state index is 0.714. The van der Waals surface area contributed by atoms with Crippen molar-refractivity contribution in [1.82, 2.24) is 29.9 Å². The van der Waals surface area contributed by atoms with E-state index in [1.54, 1.807) is 0 Å². The average molecular weight is 1720 g/mol. The molecule has 0 aliphatic carbocycles. The Bertz CT molecular complexity index is 10300. The summed E-state index contributed by atoms with van der Waals surface area (Å²) in [4.78, 5) is 31.5. The van der Waals surface area contributed by atoms with Crippen LogP contribution in [-0.4, -0.2) is 29.9 Å². The summed E-state index contributed by atoms with van der Waals surface area (Å²) < 4.78 is 19.2. The molecule has 9 heteroatoms. The fourth-order valence-corrected chi connectivity index (χ4v) is 21.5. The van der Waals surface area contributed by atoms with Gasteiger partial charge in [0.25, 0.3) is 0 Å². The van der Waals surface area contributed by atoms with E-state index in [2.05, 4.69) is 382 Å². The maximum absolute atomic E-state index is 6.57. The quantitative estimate of drug-likeness (QED) is 0.150. The van der Waals surface area contributed by atoms with Crippen LogP contribution in [0.5, 0.6) is 0 Å². The molecule has 0 N–H and O–H groups in total. The second-order valence-electron chi connectivity index (χ2n) is 35.2. The van der Waals surface area contributed by atoms with Crippen LogP contribution < -0.4 is 0 Å². The molecular weight excluding hydrogens is 1650 g/mol. The summed E-state index contributed by atoms with van der Waals surface area (Å²) in [6, 6.07) is 154. The van der Waals surface area contributed by atoms with Gasteiger partial charge in [0.15, 0.2) is 17.5 Å². The number of hydrogen-bond acceptors (Lipinski definition) is 9. The third-order valence-electron chi connectivity index (χ3n) is 27.7. The van der Waals surface area contributed by atoms with Crippen molar-refractivity contribution in [3.05, 3.63) is 437 Å². The number of para-hydroxylation sites is 3. The topological polar surface area (TPSA) is 117 Å². The summed E-state index contributed by atoms with van der Waals surface area (Å²) in [5, 5.41) is 38.4. The molecule has 0 aliphatic rings. The first-order chi connectivity index (χ1) is 66.9. The molecule has 6 aromatic heterocycles. The third kappa shape index (κ3) is 12.1. The number of hydrogen-bond donors (Lipinski definition) is 0. The van der Waals surface area contributed by atoms with E-state index in [9.17, 15) is 0 Å². The molecule has 0 fully saturated rings. The van der Waals surface area contributed by atoms with Gasteiger partial charge >= 0.3 is 0 Å². The molecule has 0 saturated heterocycles. The fourth-order valence-electron chi connectivity index (χ4n) is 21.5. The van der Waals surface area contributed by atoms with E-state index >= 15 is 0 Å². The second-order valence-corrected chi connectivity index (χ2v) is 35.2. The predicted octanol–water partition coefficient (Wildman–Crippen LogP) is 34.4. The summed E-state index contributed by atoms with van der Waals surface area (Å²) in [7, 11) is 0. The van der Waals surface area contributed by atoms with E-state index in [-0.39, 0.29) is 0 Å². The van der Waals surface area contributed by atoms with Crippen LogP contribution in [0.4, 0.5) is 0 Å². The lowest BCUT2D eigenvalue weighted by atomic mass is 9.91. The van der Waals surface area contributed by atoms with Gasteiger partial charge in [-0.05, 0) is 187 Å². The molecule has 0 radical (unpaired) electrons.